The second-order valence-electron chi connectivity index (χ2n) is 10.2. The lowest BCUT2D eigenvalue weighted by atomic mass is 9.91. The molecule has 1 aliphatic heterocycles. The molecule has 2 aromatic carbocycles. The fourth-order valence-corrected chi connectivity index (χ4v) is 5.23. The third-order valence-electron chi connectivity index (χ3n) is 7.45. The third kappa shape index (κ3) is 5.39. The van der Waals surface area contributed by atoms with Gasteiger partial charge in [-0.2, -0.15) is 5.10 Å². The summed E-state index contributed by atoms with van der Waals surface area (Å²) in [5, 5.41) is 15.7. The molecule has 9 nitrogen and oxygen atoms in total. The third-order valence-corrected chi connectivity index (χ3v) is 7.45. The molecule has 0 atom stereocenters. The molecule has 0 aliphatic carbocycles. The van der Waals surface area contributed by atoms with Gasteiger partial charge in [0.05, 0.1) is 24.2 Å². The Morgan fingerprint density at radius 3 is 2.37 bits per heavy atom. The maximum Gasteiger partial charge on any atom is 0.281 e. The van der Waals surface area contributed by atoms with Crippen molar-refractivity contribution in [1.82, 2.24) is 24.2 Å². The van der Waals surface area contributed by atoms with Crippen LogP contribution in [0.1, 0.15) is 30.4 Å². The second kappa shape index (κ2) is 10.9. The van der Waals surface area contributed by atoms with Crippen LogP contribution in [0, 0.1) is 0 Å². The van der Waals surface area contributed by atoms with E-state index in [2.05, 4.69) is 10.1 Å². The maximum absolute atomic E-state index is 13.3. The number of aryl methyl sites for hydroxylation is 2. The summed E-state index contributed by atoms with van der Waals surface area (Å²) in [6, 6.07) is 18.0. The fourth-order valence-electron chi connectivity index (χ4n) is 5.23. The van der Waals surface area contributed by atoms with Gasteiger partial charge < -0.3 is 15.7 Å². The van der Waals surface area contributed by atoms with Crippen LogP contribution in [-0.4, -0.2) is 60.5 Å². The second-order valence-corrected chi connectivity index (χ2v) is 10.2. The Kier molecular flexibility index (Phi) is 7.40. The molecule has 3 heterocycles. The van der Waals surface area contributed by atoms with E-state index in [0.29, 0.717) is 50.8 Å². The number of piperidine rings is 1. The minimum absolute atomic E-state index is 0.0910. The van der Waals surface area contributed by atoms with E-state index in [9.17, 15) is 14.7 Å². The van der Waals surface area contributed by atoms with Gasteiger partial charge in [0.25, 0.3) is 5.56 Å². The van der Waals surface area contributed by atoms with Crippen molar-refractivity contribution in [2.24, 2.45) is 12.8 Å². The maximum atomic E-state index is 13.3. The van der Waals surface area contributed by atoms with Gasteiger partial charge in [0.15, 0.2) is 5.52 Å². The van der Waals surface area contributed by atoms with Crippen LogP contribution in [-0.2, 0) is 31.2 Å². The Labute approximate surface area is 221 Å². The highest BCUT2D eigenvalue weighted by molar-refractivity contribution is 5.89. The summed E-state index contributed by atoms with van der Waals surface area (Å²) in [5.74, 6) is 0.0910. The van der Waals surface area contributed by atoms with Crippen LogP contribution < -0.4 is 11.3 Å². The van der Waals surface area contributed by atoms with Crippen LogP contribution >= 0.6 is 0 Å². The van der Waals surface area contributed by atoms with Gasteiger partial charge in [0.1, 0.15) is 5.52 Å². The Morgan fingerprint density at radius 2 is 1.68 bits per heavy atom. The van der Waals surface area contributed by atoms with Crippen LogP contribution in [0.2, 0.25) is 0 Å². The van der Waals surface area contributed by atoms with Crippen LogP contribution in [0.3, 0.4) is 0 Å². The molecule has 198 valence electrons. The van der Waals surface area contributed by atoms with E-state index in [4.69, 9.17) is 5.73 Å². The summed E-state index contributed by atoms with van der Waals surface area (Å²) < 4.78 is 3.12. The average Bonchev–Trinajstić information content (AvgIpc) is 3.27. The standard InChI is InChI=1S/C29H34N6O3/c1-33-27(23-10-7-22(8-11-23)13-16-30)25-26(32-33)28(37)35(20-31-25)19-29(38)14-17-34(18-15-29)24(36)12-9-21-5-3-2-4-6-21/h2-8,10-11,20,38H,9,12-19,30H2,1H3. The number of carbonyl (C=O) groups is 1. The summed E-state index contributed by atoms with van der Waals surface area (Å²) in [7, 11) is 1.80. The highest BCUT2D eigenvalue weighted by Crippen LogP contribution is 2.27. The number of benzene rings is 2. The van der Waals surface area contributed by atoms with Crippen molar-refractivity contribution >= 4 is 16.9 Å². The normalized spacial score (nSPS) is 15.2. The number of amides is 1. The van der Waals surface area contributed by atoms with Crippen LogP contribution in [0.4, 0.5) is 0 Å². The monoisotopic (exact) mass is 514 g/mol. The fraction of sp³-hybridized carbons (Fsp3) is 0.379. The molecule has 1 amide bonds. The highest BCUT2D eigenvalue weighted by atomic mass is 16.3. The predicted octanol–water partition coefficient (Wildman–Crippen LogP) is 2.28. The molecule has 4 aromatic rings. The number of nitrogens with two attached hydrogens (primary N) is 1. The zero-order valence-corrected chi connectivity index (χ0v) is 21.7. The van der Waals surface area contributed by atoms with Crippen molar-refractivity contribution < 1.29 is 9.90 Å². The lowest BCUT2D eigenvalue weighted by Gasteiger charge is -2.38. The number of fused-ring (bicyclic) bond motifs is 1. The van der Waals surface area contributed by atoms with E-state index in [1.54, 1.807) is 11.7 Å². The van der Waals surface area contributed by atoms with E-state index >= 15 is 0 Å². The number of hydrogen-bond donors (Lipinski definition) is 2. The molecule has 2 aromatic heterocycles. The van der Waals surface area contributed by atoms with Gasteiger partial charge in [-0.3, -0.25) is 18.8 Å². The molecule has 38 heavy (non-hydrogen) atoms. The van der Waals surface area contributed by atoms with Crippen molar-refractivity contribution in [1.29, 1.82) is 0 Å². The smallest absolute Gasteiger partial charge is 0.281 e. The number of aromatic nitrogens is 4. The summed E-state index contributed by atoms with van der Waals surface area (Å²) in [6.45, 7) is 1.62. The first-order valence-corrected chi connectivity index (χ1v) is 13.1. The van der Waals surface area contributed by atoms with Crippen LogP contribution in [0.5, 0.6) is 0 Å². The van der Waals surface area contributed by atoms with Crippen molar-refractivity contribution in [2.75, 3.05) is 19.6 Å². The molecule has 1 saturated heterocycles. The largest absolute Gasteiger partial charge is 0.388 e. The number of nitrogens with zero attached hydrogens (tertiary/aromatic N) is 5. The lowest BCUT2D eigenvalue weighted by molar-refractivity contribution is -0.135. The Hall–Kier alpha value is -3.82. The molecule has 3 N–H and O–H groups in total. The van der Waals surface area contributed by atoms with Crippen molar-refractivity contribution in [2.45, 2.75) is 44.2 Å². The SMILES string of the molecule is Cn1nc2c(=O)n(CC3(O)CCN(C(=O)CCc4ccccc4)CC3)cnc2c1-c1ccc(CCN)cc1. The minimum atomic E-state index is -1.09. The Bertz CT molecular complexity index is 1470. The number of carbonyl (C=O) groups excluding carboxylic acids is 1. The Morgan fingerprint density at radius 1 is 1.00 bits per heavy atom. The zero-order valence-electron chi connectivity index (χ0n) is 21.7. The molecule has 0 unspecified atom stereocenters. The van der Waals surface area contributed by atoms with Crippen molar-refractivity contribution in [3.63, 3.8) is 0 Å². The molecule has 0 spiro atoms. The quantitative estimate of drug-likeness (QED) is 0.372. The van der Waals surface area contributed by atoms with E-state index in [-0.39, 0.29) is 23.5 Å². The summed E-state index contributed by atoms with van der Waals surface area (Å²) >= 11 is 0. The summed E-state index contributed by atoms with van der Waals surface area (Å²) in [6.07, 6.45) is 4.24. The van der Waals surface area contributed by atoms with Crippen LogP contribution in [0.15, 0.2) is 65.7 Å². The van der Waals surface area contributed by atoms with Crippen molar-refractivity contribution in [3.8, 4) is 11.3 Å². The first kappa shape index (κ1) is 25.8. The topological polar surface area (TPSA) is 119 Å². The summed E-state index contributed by atoms with van der Waals surface area (Å²) in [4.78, 5) is 32.4. The Balaban J connectivity index is 1.27. The van der Waals surface area contributed by atoms with Gasteiger partial charge in [0, 0.05) is 32.1 Å². The molecule has 1 aliphatic rings. The molecule has 1 fully saturated rings. The lowest BCUT2D eigenvalue weighted by Crippen LogP contribution is -2.49. The van der Waals surface area contributed by atoms with Gasteiger partial charge in [-0.15, -0.1) is 0 Å². The molecule has 9 heteroatoms. The molecule has 0 bridgehead atoms. The van der Waals surface area contributed by atoms with Gasteiger partial charge in [-0.05, 0) is 43.4 Å². The molecule has 5 rings (SSSR count). The average molecular weight is 515 g/mol. The number of aliphatic hydroxyl groups is 1. The molecular formula is C29H34N6O3. The van der Waals surface area contributed by atoms with Crippen molar-refractivity contribution in [3.05, 3.63) is 82.4 Å². The first-order valence-electron chi connectivity index (χ1n) is 13.1. The van der Waals surface area contributed by atoms with E-state index < -0.39 is 5.60 Å². The minimum Gasteiger partial charge on any atom is -0.388 e. The highest BCUT2D eigenvalue weighted by Gasteiger charge is 2.35. The number of hydrogen-bond acceptors (Lipinski definition) is 6. The summed E-state index contributed by atoms with van der Waals surface area (Å²) in [5.41, 5.74) is 9.06. The van der Waals surface area contributed by atoms with E-state index in [1.165, 1.54) is 10.9 Å². The van der Waals surface area contributed by atoms with Gasteiger partial charge >= 0.3 is 0 Å². The van der Waals surface area contributed by atoms with Crippen LogP contribution in [0.25, 0.3) is 22.3 Å². The predicted molar refractivity (Wildman–Crippen MR) is 146 cm³/mol. The first-order chi connectivity index (χ1) is 18.4. The van der Waals surface area contributed by atoms with Gasteiger partial charge in [-0.25, -0.2) is 4.98 Å². The van der Waals surface area contributed by atoms with E-state index in [0.717, 1.165) is 28.8 Å². The van der Waals surface area contributed by atoms with Gasteiger partial charge in [0.2, 0.25) is 5.91 Å². The zero-order chi connectivity index (χ0) is 26.7. The number of likely N-dealkylation sites (tertiary alicyclic amines) is 1. The number of rotatable bonds is 8. The molecule has 0 saturated carbocycles. The molecular weight excluding hydrogens is 480 g/mol. The van der Waals surface area contributed by atoms with Gasteiger partial charge in [-0.1, -0.05) is 54.6 Å². The van der Waals surface area contributed by atoms with E-state index in [1.807, 2.05) is 59.5 Å². The molecule has 0 radical (unpaired) electrons.